The maximum Gasteiger partial charge on any atom is 0.0595 e. The van der Waals surface area contributed by atoms with Gasteiger partial charge in [0.2, 0.25) is 0 Å². The van der Waals surface area contributed by atoms with Crippen LogP contribution in [0.2, 0.25) is 0 Å². The van der Waals surface area contributed by atoms with Crippen LogP contribution in [0.1, 0.15) is 36.1 Å². The van der Waals surface area contributed by atoms with Gasteiger partial charge in [-0.25, -0.2) is 0 Å². The number of rotatable bonds is 5. The van der Waals surface area contributed by atoms with Gasteiger partial charge in [-0.1, -0.05) is 24.3 Å². The first kappa shape index (κ1) is 17.9. The molecule has 4 nitrogen and oxygen atoms in total. The van der Waals surface area contributed by atoms with Crippen LogP contribution in [0.4, 0.5) is 0 Å². The van der Waals surface area contributed by atoms with E-state index in [0.717, 1.165) is 52.0 Å². The van der Waals surface area contributed by atoms with Crippen molar-refractivity contribution >= 4 is 0 Å². The Morgan fingerprint density at radius 1 is 1.15 bits per heavy atom. The molecule has 1 aromatic heterocycles. The van der Waals surface area contributed by atoms with Gasteiger partial charge < -0.3 is 4.74 Å². The molecule has 0 radical (unpaired) electrons. The van der Waals surface area contributed by atoms with E-state index in [9.17, 15) is 0 Å². The van der Waals surface area contributed by atoms with Gasteiger partial charge in [0.05, 0.1) is 11.8 Å². The van der Waals surface area contributed by atoms with Gasteiger partial charge in [-0.3, -0.25) is 14.8 Å². The molecule has 0 aromatic carbocycles. The zero-order valence-corrected chi connectivity index (χ0v) is 15.9. The first-order valence-electron chi connectivity index (χ1n) is 10.1. The summed E-state index contributed by atoms with van der Waals surface area (Å²) < 4.78 is 5.50. The molecular formula is C22H31N3O. The second-order valence-electron chi connectivity index (χ2n) is 7.90. The van der Waals surface area contributed by atoms with Crippen LogP contribution >= 0.6 is 0 Å². The smallest absolute Gasteiger partial charge is 0.0595 e. The summed E-state index contributed by atoms with van der Waals surface area (Å²) in [5.41, 5.74) is 4.30. The molecule has 3 heterocycles. The Kier molecular flexibility index (Phi) is 5.83. The molecule has 0 amide bonds. The van der Waals surface area contributed by atoms with E-state index >= 15 is 0 Å². The molecule has 4 rings (SSSR count). The van der Waals surface area contributed by atoms with Gasteiger partial charge in [0, 0.05) is 52.6 Å². The van der Waals surface area contributed by atoms with Gasteiger partial charge in [0.1, 0.15) is 0 Å². The number of pyridine rings is 1. The lowest BCUT2D eigenvalue weighted by atomic mass is 9.95. The maximum absolute atomic E-state index is 5.50. The predicted octanol–water partition coefficient (Wildman–Crippen LogP) is 3.18. The fourth-order valence-electron chi connectivity index (χ4n) is 4.53. The van der Waals surface area contributed by atoms with Crippen LogP contribution in [-0.4, -0.2) is 54.2 Å². The molecular weight excluding hydrogens is 322 g/mol. The van der Waals surface area contributed by atoms with Gasteiger partial charge >= 0.3 is 0 Å². The first-order chi connectivity index (χ1) is 12.8. The fraction of sp³-hybridized carbons (Fsp3) is 0.591. The van der Waals surface area contributed by atoms with Gasteiger partial charge in [-0.15, -0.1) is 0 Å². The minimum Gasteiger partial charge on any atom is -0.381 e. The third kappa shape index (κ3) is 4.25. The minimum absolute atomic E-state index is 0.445. The molecule has 0 N–H and O–H groups in total. The van der Waals surface area contributed by atoms with Crippen molar-refractivity contribution in [3.05, 3.63) is 53.4 Å². The first-order valence-corrected chi connectivity index (χ1v) is 10.1. The topological polar surface area (TPSA) is 28.6 Å². The van der Waals surface area contributed by atoms with Crippen molar-refractivity contribution in [1.82, 2.24) is 14.8 Å². The molecule has 1 aliphatic carbocycles. The molecule has 0 spiro atoms. The molecule has 1 saturated heterocycles. The molecule has 3 aliphatic rings. The lowest BCUT2D eigenvalue weighted by Gasteiger charge is -2.34. The van der Waals surface area contributed by atoms with Crippen molar-refractivity contribution in [3.63, 3.8) is 0 Å². The number of fused-ring (bicyclic) bond motifs is 1. The van der Waals surface area contributed by atoms with Crippen molar-refractivity contribution < 1.29 is 4.74 Å². The number of piperidine rings is 1. The number of methoxy groups -OCH3 is 1. The summed E-state index contributed by atoms with van der Waals surface area (Å²) in [6.45, 7) is 6.64. The molecule has 4 heteroatoms. The second-order valence-corrected chi connectivity index (χ2v) is 7.90. The van der Waals surface area contributed by atoms with Crippen molar-refractivity contribution in [2.24, 2.45) is 5.92 Å². The third-order valence-corrected chi connectivity index (χ3v) is 6.12. The number of hydrogen-bond donors (Lipinski definition) is 0. The average molecular weight is 354 g/mol. The third-order valence-electron chi connectivity index (χ3n) is 6.12. The van der Waals surface area contributed by atoms with Crippen molar-refractivity contribution in [1.29, 1.82) is 0 Å². The lowest BCUT2D eigenvalue weighted by molar-refractivity contribution is 0.0384. The largest absolute Gasteiger partial charge is 0.381 e. The van der Waals surface area contributed by atoms with Gasteiger partial charge in [-0.2, -0.15) is 0 Å². The molecule has 140 valence electrons. The molecule has 0 bridgehead atoms. The van der Waals surface area contributed by atoms with Gasteiger partial charge in [-0.05, 0) is 48.8 Å². The lowest BCUT2D eigenvalue weighted by Crippen LogP contribution is -2.38. The molecule has 1 fully saturated rings. The normalized spacial score (nSPS) is 24.7. The highest BCUT2D eigenvalue weighted by Crippen LogP contribution is 2.25. The van der Waals surface area contributed by atoms with Crippen molar-refractivity contribution in [2.75, 3.05) is 33.3 Å². The Balaban J connectivity index is 1.37. The van der Waals surface area contributed by atoms with Crippen LogP contribution in [0.5, 0.6) is 0 Å². The average Bonchev–Trinajstić information content (AvgIpc) is 2.69. The zero-order chi connectivity index (χ0) is 17.8. The molecule has 26 heavy (non-hydrogen) atoms. The van der Waals surface area contributed by atoms with Crippen LogP contribution in [0, 0.1) is 5.92 Å². The highest BCUT2D eigenvalue weighted by atomic mass is 16.5. The number of nitrogens with zero attached hydrogens (tertiary/aromatic N) is 3. The summed E-state index contributed by atoms with van der Waals surface area (Å²) in [6.07, 6.45) is 16.1. The van der Waals surface area contributed by atoms with Crippen LogP contribution in [0.3, 0.4) is 0 Å². The van der Waals surface area contributed by atoms with E-state index in [1.165, 1.54) is 29.8 Å². The van der Waals surface area contributed by atoms with Crippen LogP contribution in [0.15, 0.2) is 36.6 Å². The van der Waals surface area contributed by atoms with Gasteiger partial charge in [0.25, 0.3) is 0 Å². The predicted molar refractivity (Wildman–Crippen MR) is 105 cm³/mol. The van der Waals surface area contributed by atoms with Gasteiger partial charge in [0.15, 0.2) is 0 Å². The summed E-state index contributed by atoms with van der Waals surface area (Å²) >= 11 is 0. The SMILES string of the molecule is COC1CCN(Cc2nccc3c2CCN(CC2C=CC=CC2)C3)CC1. The maximum atomic E-state index is 5.50. The summed E-state index contributed by atoms with van der Waals surface area (Å²) in [5.74, 6) is 0.671. The van der Waals surface area contributed by atoms with Crippen molar-refractivity contribution in [2.45, 2.75) is 44.9 Å². The molecule has 2 aliphatic heterocycles. The Morgan fingerprint density at radius 3 is 2.81 bits per heavy atom. The van der Waals surface area contributed by atoms with E-state index in [-0.39, 0.29) is 0 Å². The van der Waals surface area contributed by atoms with E-state index in [1.54, 1.807) is 0 Å². The number of aromatic nitrogens is 1. The van der Waals surface area contributed by atoms with E-state index < -0.39 is 0 Å². The second kappa shape index (κ2) is 8.47. The fourth-order valence-corrected chi connectivity index (χ4v) is 4.53. The molecule has 1 aromatic rings. The molecule has 0 saturated carbocycles. The standard InChI is InChI=1S/C22H31N3O/c1-26-20-8-12-24(13-9-20)17-22-21-10-14-25(16-19(21)7-11-23-22)15-18-5-3-2-4-6-18/h2-5,7,11,18,20H,6,8-10,12-17H2,1H3. The summed E-state index contributed by atoms with van der Waals surface area (Å²) in [7, 11) is 1.83. The Morgan fingerprint density at radius 2 is 2.04 bits per heavy atom. The number of allylic oxidation sites excluding steroid dienone is 3. The highest BCUT2D eigenvalue weighted by molar-refractivity contribution is 5.32. The van der Waals surface area contributed by atoms with E-state index in [4.69, 9.17) is 9.72 Å². The van der Waals surface area contributed by atoms with Crippen LogP contribution < -0.4 is 0 Å². The van der Waals surface area contributed by atoms with E-state index in [2.05, 4.69) is 40.2 Å². The van der Waals surface area contributed by atoms with E-state index in [0.29, 0.717) is 12.0 Å². The number of likely N-dealkylation sites (tertiary alicyclic amines) is 1. The monoisotopic (exact) mass is 353 g/mol. The number of hydrogen-bond acceptors (Lipinski definition) is 4. The molecule has 1 atom stereocenters. The Hall–Kier alpha value is -1.49. The summed E-state index contributed by atoms with van der Waals surface area (Å²) in [5, 5.41) is 0. The van der Waals surface area contributed by atoms with Crippen LogP contribution in [0.25, 0.3) is 0 Å². The highest BCUT2D eigenvalue weighted by Gasteiger charge is 2.24. The zero-order valence-electron chi connectivity index (χ0n) is 15.9. The molecule has 1 unspecified atom stereocenters. The quantitative estimate of drug-likeness (QED) is 0.813. The van der Waals surface area contributed by atoms with E-state index in [1.807, 2.05) is 13.3 Å². The van der Waals surface area contributed by atoms with Crippen molar-refractivity contribution in [3.8, 4) is 0 Å². The van der Waals surface area contributed by atoms with Crippen LogP contribution in [-0.2, 0) is 24.2 Å². The Labute approximate surface area is 157 Å². The summed E-state index contributed by atoms with van der Waals surface area (Å²) in [4.78, 5) is 9.92. The minimum atomic E-state index is 0.445. The summed E-state index contributed by atoms with van der Waals surface area (Å²) in [6, 6.07) is 2.23. The Bertz CT molecular complexity index is 661. The number of ether oxygens (including phenoxy) is 1.